The molecule has 0 fully saturated rings. The van der Waals surface area contributed by atoms with Gasteiger partial charge in [-0.15, -0.1) is 0 Å². The van der Waals surface area contributed by atoms with Crippen molar-refractivity contribution in [3.8, 4) is 0 Å². The molecule has 0 aliphatic carbocycles. The number of carbonyl (C=O) groups is 2. The number of amides is 1. The van der Waals surface area contributed by atoms with Crippen LogP contribution in [0.25, 0.3) is 6.08 Å². The normalized spacial score (nSPS) is 10.6. The fraction of sp³-hybridized carbons (Fsp3) is 0.0588. The Balaban J connectivity index is 1.88. The van der Waals surface area contributed by atoms with Crippen LogP contribution in [-0.2, 0) is 14.3 Å². The monoisotopic (exact) mass is 395 g/mol. The van der Waals surface area contributed by atoms with E-state index in [4.69, 9.17) is 4.74 Å². The maximum Gasteiger partial charge on any atom is 0.331 e. The lowest BCUT2D eigenvalue weighted by Crippen LogP contribution is -2.21. The fourth-order valence-electron chi connectivity index (χ4n) is 1.75. The second-order valence-electron chi connectivity index (χ2n) is 4.61. The third-order valence-corrected chi connectivity index (χ3v) is 3.60. The molecule has 0 aliphatic rings. The summed E-state index contributed by atoms with van der Waals surface area (Å²) in [6.45, 7) is -0.660. The number of hydrogen-bond acceptors (Lipinski definition) is 3. The lowest BCUT2D eigenvalue weighted by molar-refractivity contribution is -0.142. The molecule has 7 heteroatoms. The number of carbonyl (C=O) groups excluding carboxylic acids is 2. The van der Waals surface area contributed by atoms with Crippen molar-refractivity contribution in [3.05, 3.63) is 70.2 Å². The van der Waals surface area contributed by atoms with Crippen LogP contribution in [0.1, 0.15) is 5.56 Å². The van der Waals surface area contributed by atoms with Gasteiger partial charge in [-0.05, 0) is 29.8 Å². The van der Waals surface area contributed by atoms with E-state index in [1.807, 2.05) is 11.4 Å². The lowest BCUT2D eigenvalue weighted by Gasteiger charge is -2.07. The predicted octanol–water partition coefficient (Wildman–Crippen LogP) is 3.92. The molecule has 0 aromatic heterocycles. The SMILES string of the molecule is O=C(COC(=O)/C=C/c1ccccc1Br)Nc1c(F)cccc1F. The number of esters is 1. The highest BCUT2D eigenvalue weighted by atomic mass is 79.9. The number of benzene rings is 2. The molecule has 0 atom stereocenters. The zero-order chi connectivity index (χ0) is 17.5. The molecule has 0 bridgehead atoms. The van der Waals surface area contributed by atoms with E-state index >= 15 is 0 Å². The van der Waals surface area contributed by atoms with E-state index in [1.54, 1.807) is 18.2 Å². The van der Waals surface area contributed by atoms with E-state index in [-0.39, 0.29) is 0 Å². The van der Waals surface area contributed by atoms with Crippen LogP contribution in [0.5, 0.6) is 0 Å². The van der Waals surface area contributed by atoms with Crippen molar-refractivity contribution in [3.63, 3.8) is 0 Å². The Labute approximate surface area is 145 Å². The second-order valence-corrected chi connectivity index (χ2v) is 5.46. The fourth-order valence-corrected chi connectivity index (χ4v) is 2.16. The minimum Gasteiger partial charge on any atom is -0.452 e. The largest absolute Gasteiger partial charge is 0.452 e. The van der Waals surface area contributed by atoms with Crippen LogP contribution in [0.4, 0.5) is 14.5 Å². The first-order chi connectivity index (χ1) is 11.5. The lowest BCUT2D eigenvalue weighted by atomic mass is 10.2. The Bertz CT molecular complexity index is 773. The van der Waals surface area contributed by atoms with Gasteiger partial charge in [0.05, 0.1) is 0 Å². The van der Waals surface area contributed by atoms with Gasteiger partial charge >= 0.3 is 5.97 Å². The molecular formula is C17H12BrF2NO3. The van der Waals surface area contributed by atoms with Crippen LogP contribution in [-0.4, -0.2) is 18.5 Å². The highest BCUT2D eigenvalue weighted by Gasteiger charge is 2.12. The van der Waals surface area contributed by atoms with E-state index in [2.05, 4.69) is 15.9 Å². The van der Waals surface area contributed by atoms with Crippen molar-refractivity contribution in [1.82, 2.24) is 0 Å². The first-order valence-corrected chi connectivity index (χ1v) is 7.60. The summed E-state index contributed by atoms with van der Waals surface area (Å²) in [6, 6.07) is 10.4. The van der Waals surface area contributed by atoms with E-state index in [9.17, 15) is 18.4 Å². The van der Waals surface area contributed by atoms with E-state index in [0.29, 0.717) is 0 Å². The van der Waals surface area contributed by atoms with Gasteiger partial charge in [0.2, 0.25) is 0 Å². The highest BCUT2D eigenvalue weighted by molar-refractivity contribution is 9.10. The van der Waals surface area contributed by atoms with Gasteiger partial charge in [-0.1, -0.05) is 40.2 Å². The van der Waals surface area contributed by atoms with Gasteiger partial charge in [0.1, 0.15) is 17.3 Å². The summed E-state index contributed by atoms with van der Waals surface area (Å²) in [6.07, 6.45) is 2.66. The van der Waals surface area contributed by atoms with E-state index in [0.717, 1.165) is 28.2 Å². The molecule has 1 amide bonds. The number of hydrogen-bond donors (Lipinski definition) is 1. The first kappa shape index (κ1) is 17.8. The average molecular weight is 396 g/mol. The molecular weight excluding hydrogens is 384 g/mol. The van der Waals surface area contributed by atoms with Crippen LogP contribution >= 0.6 is 15.9 Å². The number of para-hydroxylation sites is 1. The highest BCUT2D eigenvalue weighted by Crippen LogP contribution is 2.18. The number of nitrogens with one attached hydrogen (secondary N) is 1. The summed E-state index contributed by atoms with van der Waals surface area (Å²) < 4.78 is 32.3. The maximum atomic E-state index is 13.4. The van der Waals surface area contributed by atoms with Crippen molar-refractivity contribution in [2.45, 2.75) is 0 Å². The third-order valence-electron chi connectivity index (χ3n) is 2.88. The van der Waals surface area contributed by atoms with Gasteiger partial charge in [-0.2, -0.15) is 0 Å². The zero-order valence-corrected chi connectivity index (χ0v) is 13.8. The Morgan fingerprint density at radius 2 is 1.75 bits per heavy atom. The van der Waals surface area contributed by atoms with Crippen molar-refractivity contribution in [1.29, 1.82) is 0 Å². The van der Waals surface area contributed by atoms with Crippen LogP contribution in [0, 0.1) is 11.6 Å². The van der Waals surface area contributed by atoms with Crippen LogP contribution < -0.4 is 5.32 Å². The zero-order valence-electron chi connectivity index (χ0n) is 12.3. The summed E-state index contributed by atoms with van der Waals surface area (Å²) in [5.41, 5.74) is 0.176. The van der Waals surface area contributed by atoms with Crippen LogP contribution in [0.2, 0.25) is 0 Å². The van der Waals surface area contributed by atoms with E-state index < -0.39 is 35.8 Å². The molecule has 24 heavy (non-hydrogen) atoms. The topological polar surface area (TPSA) is 55.4 Å². The summed E-state index contributed by atoms with van der Waals surface area (Å²) in [4.78, 5) is 23.2. The average Bonchev–Trinajstić information content (AvgIpc) is 2.56. The number of ether oxygens (including phenoxy) is 1. The molecule has 0 unspecified atom stereocenters. The van der Waals surface area contributed by atoms with Gasteiger partial charge in [-0.25, -0.2) is 13.6 Å². The molecule has 2 aromatic carbocycles. The standard InChI is InChI=1S/C17H12BrF2NO3/c18-12-5-2-1-4-11(12)8-9-16(23)24-10-15(22)21-17-13(19)6-3-7-14(17)20/h1-9H,10H2,(H,21,22)/b9-8+. The van der Waals surface area contributed by atoms with Gasteiger partial charge < -0.3 is 10.1 Å². The summed E-state index contributed by atoms with van der Waals surface area (Å²) in [5.74, 6) is -3.43. The maximum absolute atomic E-state index is 13.4. The molecule has 4 nitrogen and oxygen atoms in total. The molecule has 2 aromatic rings. The molecule has 124 valence electrons. The summed E-state index contributed by atoms with van der Waals surface area (Å²) in [7, 11) is 0. The van der Waals surface area contributed by atoms with Gasteiger partial charge in [0.25, 0.3) is 5.91 Å². The van der Waals surface area contributed by atoms with Crippen molar-refractivity contribution >= 4 is 39.6 Å². The number of anilines is 1. The van der Waals surface area contributed by atoms with Crippen LogP contribution in [0.15, 0.2) is 53.0 Å². The van der Waals surface area contributed by atoms with Gasteiger partial charge in [0.15, 0.2) is 6.61 Å². The molecule has 0 spiro atoms. The first-order valence-electron chi connectivity index (χ1n) is 6.80. The van der Waals surface area contributed by atoms with Crippen LogP contribution in [0.3, 0.4) is 0 Å². The Kier molecular flexibility index (Phi) is 6.20. The number of rotatable bonds is 5. The smallest absolute Gasteiger partial charge is 0.331 e. The summed E-state index contributed by atoms with van der Waals surface area (Å²) in [5, 5.41) is 2.02. The molecule has 0 saturated carbocycles. The minimum absolute atomic E-state index is 0.581. The molecule has 2 rings (SSSR count). The second kappa shape index (κ2) is 8.35. The van der Waals surface area contributed by atoms with Gasteiger partial charge in [0, 0.05) is 10.5 Å². The predicted molar refractivity (Wildman–Crippen MR) is 89.1 cm³/mol. The van der Waals surface area contributed by atoms with Gasteiger partial charge in [-0.3, -0.25) is 4.79 Å². The Hall–Kier alpha value is -2.54. The van der Waals surface area contributed by atoms with Crippen molar-refractivity contribution in [2.75, 3.05) is 11.9 Å². The molecule has 0 radical (unpaired) electrons. The van der Waals surface area contributed by atoms with E-state index in [1.165, 1.54) is 12.1 Å². The Morgan fingerprint density at radius 1 is 1.08 bits per heavy atom. The third kappa shape index (κ3) is 4.99. The molecule has 0 aliphatic heterocycles. The summed E-state index contributed by atoms with van der Waals surface area (Å²) >= 11 is 3.32. The molecule has 0 heterocycles. The van der Waals surface area contributed by atoms with Crippen molar-refractivity contribution in [2.24, 2.45) is 0 Å². The quantitative estimate of drug-likeness (QED) is 0.616. The minimum atomic E-state index is -0.913. The molecule has 0 saturated heterocycles. The number of halogens is 3. The Morgan fingerprint density at radius 3 is 2.42 bits per heavy atom. The molecule has 1 N–H and O–H groups in total. The van der Waals surface area contributed by atoms with Crippen molar-refractivity contribution < 1.29 is 23.1 Å².